The summed E-state index contributed by atoms with van der Waals surface area (Å²) >= 11 is 0. The van der Waals surface area contributed by atoms with Gasteiger partial charge in [-0.2, -0.15) is 0 Å². The molecule has 1 N–H and O–H groups in total. The highest BCUT2D eigenvalue weighted by Crippen LogP contribution is 2.25. The van der Waals surface area contributed by atoms with Crippen LogP contribution in [-0.2, 0) is 4.79 Å². The summed E-state index contributed by atoms with van der Waals surface area (Å²) in [6, 6.07) is 12.6. The van der Waals surface area contributed by atoms with E-state index in [2.05, 4.69) is 5.32 Å². The Bertz CT molecular complexity index is 911. The van der Waals surface area contributed by atoms with E-state index in [1.165, 1.54) is 12.1 Å². The summed E-state index contributed by atoms with van der Waals surface area (Å²) in [6.07, 6.45) is 0.0390. The van der Waals surface area contributed by atoms with Crippen LogP contribution in [0.3, 0.4) is 0 Å². The number of hydrogen-bond acceptors (Lipinski definition) is 4. The van der Waals surface area contributed by atoms with E-state index in [0.29, 0.717) is 30.8 Å². The smallest absolute Gasteiger partial charge is 0.261 e. The quantitative estimate of drug-likeness (QED) is 0.823. The van der Waals surface area contributed by atoms with Crippen LogP contribution < -0.4 is 5.32 Å². The third kappa shape index (κ3) is 3.29. The molecule has 0 aromatic heterocycles. The Morgan fingerprint density at radius 1 is 1.07 bits per heavy atom. The highest BCUT2D eigenvalue weighted by atomic mass is 19.1. The highest BCUT2D eigenvalue weighted by Gasteiger charge is 2.36. The molecule has 0 saturated carbocycles. The van der Waals surface area contributed by atoms with Gasteiger partial charge in [0.05, 0.1) is 17.2 Å². The van der Waals surface area contributed by atoms with Crippen LogP contribution in [0.5, 0.6) is 0 Å². The summed E-state index contributed by atoms with van der Waals surface area (Å²) in [7, 11) is 0. The molecule has 2 aromatic rings. The third-order valence-electron chi connectivity index (χ3n) is 5.22. The molecule has 3 amide bonds. The van der Waals surface area contributed by atoms with Gasteiger partial charge < -0.3 is 10.2 Å². The zero-order valence-corrected chi connectivity index (χ0v) is 15.2. The molecule has 2 heterocycles. The molecule has 0 radical (unpaired) electrons. The van der Waals surface area contributed by atoms with Crippen molar-refractivity contribution in [1.82, 2.24) is 15.1 Å². The van der Waals surface area contributed by atoms with Crippen LogP contribution in [0.1, 0.15) is 38.7 Å². The van der Waals surface area contributed by atoms with Gasteiger partial charge in [-0.1, -0.05) is 24.3 Å². The summed E-state index contributed by atoms with van der Waals surface area (Å²) in [4.78, 5) is 40.6. The van der Waals surface area contributed by atoms with E-state index in [-0.39, 0.29) is 42.5 Å². The minimum absolute atomic E-state index is 0.0327. The van der Waals surface area contributed by atoms with E-state index in [1.807, 2.05) is 0 Å². The number of rotatable bonds is 4. The molecule has 2 aliphatic rings. The van der Waals surface area contributed by atoms with Gasteiger partial charge in [0.15, 0.2) is 0 Å². The minimum Gasteiger partial charge on any atom is -0.333 e. The standard InChI is InChI=1S/C21H20FN3O3/c22-15-5-3-4-14(12-15)18-13-23-9-11-24(18)19(26)8-10-25-20(27)16-6-1-2-7-17(16)21(25)28/h1-7,12,18,23H,8-11,13H2. The normalized spacial score (nSPS) is 19.1. The van der Waals surface area contributed by atoms with Gasteiger partial charge in [-0.25, -0.2) is 4.39 Å². The zero-order valence-electron chi connectivity index (χ0n) is 15.2. The summed E-state index contributed by atoms with van der Waals surface area (Å²) in [5.41, 5.74) is 1.47. The molecule has 0 bridgehead atoms. The van der Waals surface area contributed by atoms with Crippen molar-refractivity contribution in [2.75, 3.05) is 26.2 Å². The number of hydrogen-bond donors (Lipinski definition) is 1. The Kier molecular flexibility index (Phi) is 4.92. The molecule has 2 aliphatic heterocycles. The van der Waals surface area contributed by atoms with Crippen molar-refractivity contribution in [3.63, 3.8) is 0 Å². The maximum atomic E-state index is 13.6. The van der Waals surface area contributed by atoms with Crippen molar-refractivity contribution in [2.24, 2.45) is 0 Å². The van der Waals surface area contributed by atoms with Gasteiger partial charge in [-0.15, -0.1) is 0 Å². The number of amides is 3. The number of piperazine rings is 1. The molecule has 7 heteroatoms. The lowest BCUT2D eigenvalue weighted by molar-refractivity contribution is -0.134. The van der Waals surface area contributed by atoms with E-state index in [9.17, 15) is 18.8 Å². The van der Waals surface area contributed by atoms with E-state index < -0.39 is 0 Å². The summed E-state index contributed by atoms with van der Waals surface area (Å²) < 4.78 is 13.6. The monoisotopic (exact) mass is 381 g/mol. The Balaban J connectivity index is 1.46. The van der Waals surface area contributed by atoms with Gasteiger partial charge in [-0.05, 0) is 29.8 Å². The summed E-state index contributed by atoms with van der Waals surface area (Å²) in [5, 5.41) is 3.23. The Labute approximate surface area is 161 Å². The lowest BCUT2D eigenvalue weighted by Gasteiger charge is -2.37. The van der Waals surface area contributed by atoms with E-state index in [0.717, 1.165) is 10.5 Å². The fourth-order valence-electron chi connectivity index (χ4n) is 3.81. The lowest BCUT2D eigenvalue weighted by atomic mass is 10.0. The Hall–Kier alpha value is -3.06. The molecule has 4 rings (SSSR count). The minimum atomic E-state index is -0.365. The predicted molar refractivity (Wildman–Crippen MR) is 100 cm³/mol. The van der Waals surface area contributed by atoms with Crippen LogP contribution in [0.2, 0.25) is 0 Å². The number of halogens is 1. The van der Waals surface area contributed by atoms with Crippen LogP contribution in [-0.4, -0.2) is 53.7 Å². The van der Waals surface area contributed by atoms with Gasteiger partial charge >= 0.3 is 0 Å². The number of carbonyl (C=O) groups excluding carboxylic acids is 3. The number of benzene rings is 2. The second-order valence-corrected chi connectivity index (χ2v) is 6.92. The van der Waals surface area contributed by atoms with Crippen LogP contribution in [0.15, 0.2) is 48.5 Å². The molecule has 0 spiro atoms. The zero-order chi connectivity index (χ0) is 19.7. The second-order valence-electron chi connectivity index (χ2n) is 6.92. The van der Waals surface area contributed by atoms with Crippen LogP contribution >= 0.6 is 0 Å². The maximum absolute atomic E-state index is 13.6. The first kappa shape index (κ1) is 18.3. The fourth-order valence-corrected chi connectivity index (χ4v) is 3.81. The molecule has 6 nitrogen and oxygen atoms in total. The largest absolute Gasteiger partial charge is 0.333 e. The number of fused-ring (bicyclic) bond motifs is 1. The van der Waals surface area contributed by atoms with Crippen molar-refractivity contribution in [3.8, 4) is 0 Å². The first-order chi connectivity index (χ1) is 13.6. The van der Waals surface area contributed by atoms with Gasteiger partial charge in [0, 0.05) is 32.6 Å². The Morgan fingerprint density at radius 2 is 1.79 bits per heavy atom. The average Bonchev–Trinajstić information content (AvgIpc) is 2.96. The first-order valence-electron chi connectivity index (χ1n) is 9.27. The second kappa shape index (κ2) is 7.52. The molecule has 1 atom stereocenters. The molecule has 144 valence electrons. The van der Waals surface area contributed by atoms with Crippen molar-refractivity contribution < 1.29 is 18.8 Å². The van der Waals surface area contributed by atoms with E-state index in [1.54, 1.807) is 41.3 Å². The average molecular weight is 381 g/mol. The summed E-state index contributed by atoms with van der Waals surface area (Å²) in [6.45, 7) is 1.69. The van der Waals surface area contributed by atoms with Crippen LogP contribution in [0.25, 0.3) is 0 Å². The molecular weight excluding hydrogens is 361 g/mol. The van der Waals surface area contributed by atoms with Crippen LogP contribution in [0.4, 0.5) is 4.39 Å². The van der Waals surface area contributed by atoms with Gasteiger partial charge in [0.1, 0.15) is 5.82 Å². The van der Waals surface area contributed by atoms with Gasteiger partial charge in [-0.3, -0.25) is 19.3 Å². The molecule has 28 heavy (non-hydrogen) atoms. The fraction of sp³-hybridized carbons (Fsp3) is 0.286. The van der Waals surface area contributed by atoms with Crippen molar-refractivity contribution >= 4 is 17.7 Å². The molecule has 0 aliphatic carbocycles. The molecule has 1 fully saturated rings. The van der Waals surface area contributed by atoms with E-state index in [4.69, 9.17) is 0 Å². The number of imide groups is 1. The number of carbonyl (C=O) groups is 3. The number of nitrogens with zero attached hydrogens (tertiary/aromatic N) is 2. The molecular formula is C21H20FN3O3. The topological polar surface area (TPSA) is 69.7 Å². The van der Waals surface area contributed by atoms with Crippen LogP contribution in [0, 0.1) is 5.82 Å². The van der Waals surface area contributed by atoms with Crippen molar-refractivity contribution in [3.05, 3.63) is 71.0 Å². The maximum Gasteiger partial charge on any atom is 0.261 e. The molecule has 2 aromatic carbocycles. The number of nitrogens with one attached hydrogen (secondary N) is 1. The predicted octanol–water partition coefficient (Wildman–Crippen LogP) is 1.98. The van der Waals surface area contributed by atoms with Crippen molar-refractivity contribution in [1.29, 1.82) is 0 Å². The van der Waals surface area contributed by atoms with Crippen molar-refractivity contribution in [2.45, 2.75) is 12.5 Å². The summed E-state index contributed by atoms with van der Waals surface area (Å²) in [5.74, 6) is -1.24. The lowest BCUT2D eigenvalue weighted by Crippen LogP contribution is -2.49. The first-order valence-corrected chi connectivity index (χ1v) is 9.27. The highest BCUT2D eigenvalue weighted by molar-refractivity contribution is 6.21. The van der Waals surface area contributed by atoms with Gasteiger partial charge in [0.2, 0.25) is 5.91 Å². The third-order valence-corrected chi connectivity index (χ3v) is 5.22. The SMILES string of the molecule is O=C1c2ccccc2C(=O)N1CCC(=O)N1CCNCC1c1cccc(F)c1. The molecule has 1 unspecified atom stereocenters. The molecule has 1 saturated heterocycles. The van der Waals surface area contributed by atoms with Gasteiger partial charge in [0.25, 0.3) is 11.8 Å². The Morgan fingerprint density at radius 3 is 2.46 bits per heavy atom. The van der Waals surface area contributed by atoms with E-state index >= 15 is 0 Å².